The molecule has 4 nitrogen and oxygen atoms in total. The van der Waals surface area contributed by atoms with Gasteiger partial charge in [0.1, 0.15) is 0 Å². The molecule has 0 N–H and O–H groups in total. The summed E-state index contributed by atoms with van der Waals surface area (Å²) in [5, 5.41) is 0. The quantitative estimate of drug-likeness (QED) is 0.451. The van der Waals surface area contributed by atoms with Crippen LogP contribution in [0.5, 0.6) is 0 Å². The average Bonchev–Trinajstić information content (AvgIpc) is 1.85. The van der Waals surface area contributed by atoms with Crippen molar-refractivity contribution in [1.29, 1.82) is 0 Å². The van der Waals surface area contributed by atoms with E-state index >= 15 is 0 Å². The van der Waals surface area contributed by atoms with Crippen LogP contribution in [0.1, 0.15) is 13.8 Å². The first kappa shape index (κ1) is 11.9. The van der Waals surface area contributed by atoms with Crippen LogP contribution in [-0.2, 0) is 18.4 Å². The lowest BCUT2D eigenvalue weighted by Gasteiger charge is -2.14. The Bertz CT molecular complexity index is 184. The van der Waals surface area contributed by atoms with Crippen LogP contribution in [0.3, 0.4) is 0 Å². The highest BCUT2D eigenvalue weighted by atomic mass is 31.2. The Kier molecular flexibility index (Phi) is 5.46. The lowest BCUT2D eigenvalue weighted by molar-refractivity contribution is -0.109. The first-order valence-corrected chi connectivity index (χ1v) is 5.64. The van der Waals surface area contributed by atoms with E-state index in [2.05, 4.69) is 0 Å². The highest BCUT2D eigenvalue weighted by Crippen LogP contribution is 2.47. The van der Waals surface area contributed by atoms with Crippen LogP contribution < -0.4 is 0 Å². The molecule has 0 aromatic rings. The van der Waals surface area contributed by atoms with Gasteiger partial charge in [-0.15, -0.1) is 0 Å². The van der Waals surface area contributed by atoms with Gasteiger partial charge in [0.2, 0.25) is 0 Å². The molecule has 12 heavy (non-hydrogen) atoms. The summed E-state index contributed by atoms with van der Waals surface area (Å²) in [6.45, 7) is 4.02. The fourth-order valence-corrected chi connectivity index (χ4v) is 2.38. The van der Waals surface area contributed by atoms with Gasteiger partial charge in [0.15, 0.2) is 7.85 Å². The topological polar surface area (TPSA) is 52.6 Å². The van der Waals surface area contributed by atoms with Gasteiger partial charge in [-0.3, -0.25) is 4.57 Å². The van der Waals surface area contributed by atoms with Gasteiger partial charge in [0.05, 0.1) is 25.1 Å². The summed E-state index contributed by atoms with van der Waals surface area (Å²) in [7, 11) is -1.76. The highest BCUT2D eigenvalue weighted by Gasteiger charge is 2.24. The third kappa shape index (κ3) is 4.70. The number of carbonyl (C=O) groups excluding carboxylic acids is 1. The minimum atomic E-state index is -3.12. The smallest absolute Gasteiger partial charge is 0.311 e. The molecule has 0 aliphatic carbocycles. The maximum atomic E-state index is 11.6. The van der Waals surface area contributed by atoms with Gasteiger partial charge in [-0.05, 0) is 13.8 Å². The summed E-state index contributed by atoms with van der Waals surface area (Å²) >= 11 is 0. The third-order valence-electron chi connectivity index (χ3n) is 1.07. The van der Waals surface area contributed by atoms with E-state index in [1.807, 2.05) is 0 Å². The molecule has 0 bridgehead atoms. The van der Waals surface area contributed by atoms with Crippen LogP contribution in [0.2, 0.25) is 0 Å². The van der Waals surface area contributed by atoms with Gasteiger partial charge in [-0.1, -0.05) is 0 Å². The van der Waals surface area contributed by atoms with E-state index in [4.69, 9.17) is 9.05 Å². The molecule has 0 aromatic carbocycles. The summed E-state index contributed by atoms with van der Waals surface area (Å²) in [6.07, 6.45) is -0.130. The molecule has 0 saturated heterocycles. The molecule has 0 atom stereocenters. The second kappa shape index (κ2) is 5.52. The molecule has 0 aliphatic heterocycles. The maximum Gasteiger partial charge on any atom is 0.337 e. The molecule has 0 rings (SSSR count). The van der Waals surface area contributed by atoms with E-state index in [0.29, 0.717) is 13.2 Å². The largest absolute Gasteiger partial charge is 0.337 e. The van der Waals surface area contributed by atoms with E-state index in [9.17, 15) is 9.36 Å². The van der Waals surface area contributed by atoms with Crippen molar-refractivity contribution in [3.05, 3.63) is 0 Å². The number of rotatable bonds is 6. The Labute approximate surface area is 73.6 Å². The molecular weight excluding hydrogens is 178 g/mol. The lowest BCUT2D eigenvalue weighted by Crippen LogP contribution is -2.09. The van der Waals surface area contributed by atoms with Crippen LogP contribution in [-0.4, -0.2) is 32.9 Å². The van der Waals surface area contributed by atoms with Crippen LogP contribution in [0.15, 0.2) is 0 Å². The Hall–Kier alpha value is -0.115. The Morgan fingerprint density at radius 1 is 1.33 bits per heavy atom. The van der Waals surface area contributed by atoms with Gasteiger partial charge in [-0.25, -0.2) is 0 Å². The van der Waals surface area contributed by atoms with E-state index in [0.717, 1.165) is 0 Å². The SMILES string of the molecule is BC(=O)CP(=O)(OCC)OCC. The summed E-state index contributed by atoms with van der Waals surface area (Å²) < 4.78 is 21.3. The number of hydrogen-bond acceptors (Lipinski definition) is 4. The van der Waals surface area contributed by atoms with Crippen LogP contribution in [0, 0.1) is 0 Å². The van der Waals surface area contributed by atoms with Gasteiger partial charge >= 0.3 is 7.60 Å². The molecule has 0 saturated carbocycles. The van der Waals surface area contributed by atoms with Gasteiger partial charge in [0.25, 0.3) is 0 Å². The molecule has 6 heteroatoms. The molecule has 0 heterocycles. The zero-order valence-electron chi connectivity index (χ0n) is 7.70. The third-order valence-corrected chi connectivity index (χ3v) is 3.20. The summed E-state index contributed by atoms with van der Waals surface area (Å²) in [6, 6.07) is 0. The second-order valence-electron chi connectivity index (χ2n) is 2.31. The van der Waals surface area contributed by atoms with Crippen molar-refractivity contribution >= 4 is 21.1 Å². The zero-order valence-corrected chi connectivity index (χ0v) is 8.60. The molecule has 0 fully saturated rings. The summed E-state index contributed by atoms with van der Waals surface area (Å²) in [5.41, 5.74) is -0.180. The van der Waals surface area contributed by atoms with Crippen molar-refractivity contribution in [2.24, 2.45) is 0 Å². The van der Waals surface area contributed by atoms with E-state index in [1.54, 1.807) is 13.8 Å². The standard InChI is InChI=1S/C6H14BO4P/c1-3-10-12(9,11-4-2)5-6(7)8/h3-5,7H2,1-2H3. The van der Waals surface area contributed by atoms with Gasteiger partial charge in [-0.2, -0.15) is 0 Å². The summed E-state index contributed by atoms with van der Waals surface area (Å²) in [4.78, 5) is 10.7. The fourth-order valence-electron chi connectivity index (χ4n) is 0.795. The average molecular weight is 192 g/mol. The molecule has 0 amide bonds. The van der Waals surface area contributed by atoms with E-state index in [-0.39, 0.29) is 11.8 Å². The normalized spacial score (nSPS) is 11.5. The van der Waals surface area contributed by atoms with E-state index in [1.165, 1.54) is 7.85 Å². The lowest BCUT2D eigenvalue weighted by atomic mass is 10.1. The maximum absolute atomic E-state index is 11.6. The predicted octanol–water partition coefficient (Wildman–Crippen LogP) is 0.412. The first-order chi connectivity index (χ1) is 5.54. The minimum Gasteiger partial charge on any atom is -0.311 e. The molecule has 0 spiro atoms. The molecule has 70 valence electrons. The van der Waals surface area contributed by atoms with Gasteiger partial charge in [0, 0.05) is 0 Å². The predicted molar refractivity (Wildman–Crippen MR) is 49.3 cm³/mol. The molecule has 0 aliphatic rings. The highest BCUT2D eigenvalue weighted by molar-refractivity contribution is 7.55. The molecule has 0 unspecified atom stereocenters. The van der Waals surface area contributed by atoms with E-state index < -0.39 is 7.60 Å². The van der Waals surface area contributed by atoms with Crippen molar-refractivity contribution in [2.75, 3.05) is 19.4 Å². The summed E-state index contributed by atoms with van der Waals surface area (Å²) in [5.74, 6) is 0. The Morgan fingerprint density at radius 2 is 1.75 bits per heavy atom. The van der Waals surface area contributed by atoms with Crippen LogP contribution in [0.25, 0.3) is 0 Å². The Morgan fingerprint density at radius 3 is 2.00 bits per heavy atom. The van der Waals surface area contributed by atoms with Crippen molar-refractivity contribution in [3.63, 3.8) is 0 Å². The molecule has 0 aromatic heterocycles. The van der Waals surface area contributed by atoms with Gasteiger partial charge < -0.3 is 13.8 Å². The second-order valence-corrected chi connectivity index (χ2v) is 4.36. The Balaban J connectivity index is 4.18. The van der Waals surface area contributed by atoms with Crippen LogP contribution in [0.4, 0.5) is 0 Å². The number of hydrogen-bond donors (Lipinski definition) is 0. The van der Waals surface area contributed by atoms with Crippen molar-refractivity contribution in [2.45, 2.75) is 13.8 Å². The minimum absolute atomic E-state index is 0.130. The first-order valence-electron chi connectivity index (χ1n) is 3.91. The van der Waals surface area contributed by atoms with Crippen molar-refractivity contribution < 1.29 is 18.4 Å². The van der Waals surface area contributed by atoms with Crippen molar-refractivity contribution in [3.8, 4) is 0 Å². The monoisotopic (exact) mass is 192 g/mol. The molecular formula is C6H14BO4P. The molecule has 0 radical (unpaired) electrons. The van der Waals surface area contributed by atoms with Crippen molar-refractivity contribution in [1.82, 2.24) is 0 Å². The zero-order chi connectivity index (χ0) is 9.61. The fraction of sp³-hybridized carbons (Fsp3) is 0.833. The van der Waals surface area contributed by atoms with Crippen LogP contribution >= 0.6 is 7.60 Å². The number of carbonyl (C=O) groups is 1.